The highest BCUT2D eigenvalue weighted by atomic mass is 16.5. The van der Waals surface area contributed by atoms with Gasteiger partial charge >= 0.3 is 5.97 Å². The van der Waals surface area contributed by atoms with Crippen molar-refractivity contribution in [3.63, 3.8) is 0 Å². The van der Waals surface area contributed by atoms with E-state index in [1.807, 2.05) is 0 Å². The zero-order valence-corrected chi connectivity index (χ0v) is 7.99. The molecular formula is C9H8N4O2. The number of hydrogen-bond donors (Lipinski definition) is 0. The summed E-state index contributed by atoms with van der Waals surface area (Å²) in [6.07, 6.45) is 1.42. The topological polar surface area (TPSA) is 69.9 Å². The van der Waals surface area contributed by atoms with Crippen LogP contribution < -0.4 is 0 Å². The van der Waals surface area contributed by atoms with Crippen molar-refractivity contribution in [3.8, 4) is 5.69 Å². The first-order valence-corrected chi connectivity index (χ1v) is 4.23. The zero-order valence-electron chi connectivity index (χ0n) is 7.99. The van der Waals surface area contributed by atoms with Crippen LogP contribution in [0.5, 0.6) is 0 Å². The molecule has 0 saturated heterocycles. The fourth-order valence-electron chi connectivity index (χ4n) is 1.23. The van der Waals surface area contributed by atoms with Crippen molar-refractivity contribution < 1.29 is 9.53 Å². The first kappa shape index (κ1) is 9.32. The predicted molar refractivity (Wildman–Crippen MR) is 50.5 cm³/mol. The van der Waals surface area contributed by atoms with Crippen LogP contribution in [0.3, 0.4) is 0 Å². The smallest absolute Gasteiger partial charge is 0.340 e. The molecule has 0 atom stereocenters. The molecule has 0 fully saturated rings. The molecule has 6 heteroatoms. The van der Waals surface area contributed by atoms with Gasteiger partial charge in [0.1, 0.15) is 6.33 Å². The molecule has 1 aromatic heterocycles. The van der Waals surface area contributed by atoms with Gasteiger partial charge in [-0.3, -0.25) is 0 Å². The maximum absolute atomic E-state index is 11.4. The monoisotopic (exact) mass is 204 g/mol. The number of nitrogens with zero attached hydrogens (tertiary/aromatic N) is 4. The maximum atomic E-state index is 11.4. The highest BCUT2D eigenvalue weighted by Crippen LogP contribution is 2.13. The number of para-hydroxylation sites is 1. The molecule has 15 heavy (non-hydrogen) atoms. The molecule has 1 aromatic carbocycles. The molecule has 0 saturated carbocycles. The summed E-state index contributed by atoms with van der Waals surface area (Å²) in [7, 11) is 1.33. The number of carbonyl (C=O) groups is 1. The van der Waals surface area contributed by atoms with Crippen molar-refractivity contribution in [1.29, 1.82) is 0 Å². The Morgan fingerprint density at radius 1 is 1.40 bits per heavy atom. The standard InChI is InChI=1S/C9H8N4O2/c1-15-9(14)7-4-2-3-5-8(7)13-6-10-11-12-13/h2-6H,1H3. The van der Waals surface area contributed by atoms with Crippen LogP contribution in [0.2, 0.25) is 0 Å². The van der Waals surface area contributed by atoms with Crippen LogP contribution in [0.15, 0.2) is 30.6 Å². The van der Waals surface area contributed by atoms with Crippen LogP contribution in [0.25, 0.3) is 5.69 Å². The molecule has 0 unspecified atom stereocenters. The van der Waals surface area contributed by atoms with E-state index >= 15 is 0 Å². The van der Waals surface area contributed by atoms with Gasteiger partial charge in [0.25, 0.3) is 0 Å². The van der Waals surface area contributed by atoms with E-state index in [0.717, 1.165) is 0 Å². The lowest BCUT2D eigenvalue weighted by molar-refractivity contribution is 0.0600. The number of benzene rings is 1. The van der Waals surface area contributed by atoms with Gasteiger partial charge in [-0.25, -0.2) is 4.79 Å². The summed E-state index contributed by atoms with van der Waals surface area (Å²) in [4.78, 5) is 11.4. The van der Waals surface area contributed by atoms with Gasteiger partial charge in [-0.2, -0.15) is 4.68 Å². The molecule has 1 heterocycles. The summed E-state index contributed by atoms with van der Waals surface area (Å²) < 4.78 is 6.06. The van der Waals surface area contributed by atoms with Crippen molar-refractivity contribution >= 4 is 5.97 Å². The van der Waals surface area contributed by atoms with E-state index in [-0.39, 0.29) is 0 Å². The Morgan fingerprint density at radius 3 is 2.87 bits per heavy atom. The fraction of sp³-hybridized carbons (Fsp3) is 0.111. The summed E-state index contributed by atoms with van der Waals surface area (Å²) in [5, 5.41) is 10.7. The third-order valence-corrected chi connectivity index (χ3v) is 1.91. The maximum Gasteiger partial charge on any atom is 0.340 e. The highest BCUT2D eigenvalue weighted by Gasteiger charge is 2.12. The Morgan fingerprint density at radius 2 is 2.20 bits per heavy atom. The largest absolute Gasteiger partial charge is 0.465 e. The molecule has 0 spiro atoms. The minimum absolute atomic E-state index is 0.416. The molecule has 2 aromatic rings. The number of rotatable bonds is 2. The van der Waals surface area contributed by atoms with E-state index in [1.165, 1.54) is 18.1 Å². The number of esters is 1. The summed E-state index contributed by atoms with van der Waals surface area (Å²) in [6, 6.07) is 6.94. The molecule has 76 valence electrons. The van der Waals surface area contributed by atoms with Gasteiger partial charge in [-0.1, -0.05) is 12.1 Å². The number of tetrazole rings is 1. The lowest BCUT2D eigenvalue weighted by Crippen LogP contribution is -2.08. The molecular weight excluding hydrogens is 196 g/mol. The van der Waals surface area contributed by atoms with Crippen molar-refractivity contribution in [2.45, 2.75) is 0 Å². The van der Waals surface area contributed by atoms with E-state index in [1.54, 1.807) is 24.3 Å². The third kappa shape index (κ3) is 1.69. The quantitative estimate of drug-likeness (QED) is 0.664. The van der Waals surface area contributed by atoms with Crippen LogP contribution in [-0.4, -0.2) is 33.3 Å². The summed E-state index contributed by atoms with van der Waals surface area (Å²) in [6.45, 7) is 0. The number of carbonyl (C=O) groups excluding carboxylic acids is 1. The Hall–Kier alpha value is -2.24. The minimum Gasteiger partial charge on any atom is -0.465 e. The lowest BCUT2D eigenvalue weighted by atomic mass is 10.2. The number of hydrogen-bond acceptors (Lipinski definition) is 5. The first-order chi connectivity index (χ1) is 7.33. The first-order valence-electron chi connectivity index (χ1n) is 4.23. The van der Waals surface area contributed by atoms with E-state index < -0.39 is 5.97 Å². The normalized spacial score (nSPS) is 9.93. The van der Waals surface area contributed by atoms with E-state index in [0.29, 0.717) is 11.3 Å². The number of ether oxygens (including phenoxy) is 1. The molecule has 6 nitrogen and oxygen atoms in total. The molecule has 0 aliphatic rings. The number of methoxy groups -OCH3 is 1. The second-order valence-corrected chi connectivity index (χ2v) is 2.76. The lowest BCUT2D eigenvalue weighted by Gasteiger charge is -2.05. The second kappa shape index (κ2) is 3.87. The van der Waals surface area contributed by atoms with Gasteiger partial charge in [0.15, 0.2) is 0 Å². The number of aromatic nitrogens is 4. The summed E-state index contributed by atoms with van der Waals surface area (Å²) >= 11 is 0. The molecule has 0 bridgehead atoms. The molecule has 0 N–H and O–H groups in total. The third-order valence-electron chi connectivity index (χ3n) is 1.91. The van der Waals surface area contributed by atoms with Crippen LogP contribution in [0, 0.1) is 0 Å². The SMILES string of the molecule is COC(=O)c1ccccc1-n1cnnn1. The molecule has 0 aliphatic carbocycles. The van der Waals surface area contributed by atoms with Gasteiger partial charge in [0.05, 0.1) is 18.4 Å². The van der Waals surface area contributed by atoms with Crippen LogP contribution in [-0.2, 0) is 4.74 Å². The predicted octanol–water partition coefficient (Wildman–Crippen LogP) is 0.449. The Bertz CT molecular complexity index is 467. The van der Waals surface area contributed by atoms with Gasteiger partial charge < -0.3 is 4.74 Å². The summed E-state index contributed by atoms with van der Waals surface area (Å²) in [5.74, 6) is -0.416. The molecule has 0 aliphatic heterocycles. The molecule has 0 amide bonds. The van der Waals surface area contributed by atoms with Crippen LogP contribution in [0.1, 0.15) is 10.4 Å². The van der Waals surface area contributed by atoms with Crippen LogP contribution in [0.4, 0.5) is 0 Å². The van der Waals surface area contributed by atoms with Crippen molar-refractivity contribution in [2.24, 2.45) is 0 Å². The van der Waals surface area contributed by atoms with Crippen molar-refractivity contribution in [3.05, 3.63) is 36.2 Å². The van der Waals surface area contributed by atoms with E-state index in [2.05, 4.69) is 20.3 Å². The van der Waals surface area contributed by atoms with Crippen LogP contribution >= 0.6 is 0 Å². The molecule has 2 rings (SSSR count). The highest BCUT2D eigenvalue weighted by molar-refractivity contribution is 5.93. The zero-order chi connectivity index (χ0) is 10.7. The minimum atomic E-state index is -0.416. The molecule has 0 radical (unpaired) electrons. The fourth-order valence-corrected chi connectivity index (χ4v) is 1.23. The average Bonchev–Trinajstić information content (AvgIpc) is 2.81. The van der Waals surface area contributed by atoms with Gasteiger partial charge in [-0.15, -0.1) is 5.10 Å². The van der Waals surface area contributed by atoms with Gasteiger partial charge in [0, 0.05) is 0 Å². The summed E-state index contributed by atoms with van der Waals surface area (Å²) in [5.41, 5.74) is 1.02. The Balaban J connectivity index is 2.52. The van der Waals surface area contributed by atoms with Gasteiger partial charge in [0.2, 0.25) is 0 Å². The Kier molecular flexibility index (Phi) is 2.40. The van der Waals surface area contributed by atoms with E-state index in [9.17, 15) is 4.79 Å². The van der Waals surface area contributed by atoms with Gasteiger partial charge in [-0.05, 0) is 22.6 Å². The Labute approximate surface area is 85.5 Å². The van der Waals surface area contributed by atoms with Crippen molar-refractivity contribution in [1.82, 2.24) is 20.2 Å². The average molecular weight is 204 g/mol. The van der Waals surface area contributed by atoms with E-state index in [4.69, 9.17) is 0 Å². The van der Waals surface area contributed by atoms with Crippen molar-refractivity contribution in [2.75, 3.05) is 7.11 Å². The second-order valence-electron chi connectivity index (χ2n) is 2.76.